The first-order chi connectivity index (χ1) is 16.1. The fourth-order valence-corrected chi connectivity index (χ4v) is 5.86. The lowest BCUT2D eigenvalue weighted by atomic mass is 9.89. The van der Waals surface area contributed by atoms with Crippen LogP contribution in [0.1, 0.15) is 48.8 Å². The van der Waals surface area contributed by atoms with Gasteiger partial charge in [0.05, 0.1) is 36.1 Å². The first kappa shape index (κ1) is 25.0. The highest BCUT2D eigenvalue weighted by Gasteiger charge is 2.26. The van der Waals surface area contributed by atoms with Crippen LogP contribution >= 0.6 is 22.9 Å². The minimum absolute atomic E-state index is 0.110. The third-order valence-corrected chi connectivity index (χ3v) is 7.65. The lowest BCUT2D eigenvalue weighted by molar-refractivity contribution is 0.0281. The van der Waals surface area contributed by atoms with Gasteiger partial charge < -0.3 is 14.4 Å². The molecule has 0 bridgehead atoms. The van der Waals surface area contributed by atoms with Crippen molar-refractivity contribution in [2.75, 3.05) is 31.7 Å². The Labute approximate surface area is 209 Å². The summed E-state index contributed by atoms with van der Waals surface area (Å²) < 4.78 is 26.3. The zero-order valence-electron chi connectivity index (χ0n) is 20.3. The van der Waals surface area contributed by atoms with Gasteiger partial charge in [-0.25, -0.2) is 9.18 Å². The number of carbonyl (C=O) groups excluding carboxylic acids is 1. The average molecular weight is 504 g/mol. The number of nitrogens with zero attached hydrogens (tertiary/aromatic N) is 1. The summed E-state index contributed by atoms with van der Waals surface area (Å²) in [4.78, 5) is 16.1. The zero-order chi connectivity index (χ0) is 24.6. The van der Waals surface area contributed by atoms with Gasteiger partial charge in [-0.15, -0.1) is 11.3 Å². The Morgan fingerprint density at radius 3 is 2.76 bits per heavy atom. The van der Waals surface area contributed by atoms with Crippen LogP contribution in [-0.2, 0) is 9.47 Å². The van der Waals surface area contributed by atoms with E-state index in [0.29, 0.717) is 18.7 Å². The van der Waals surface area contributed by atoms with Crippen LogP contribution in [0, 0.1) is 18.2 Å². The number of ether oxygens (including phenoxy) is 2. The number of morpholine rings is 1. The molecule has 0 aliphatic carbocycles. The van der Waals surface area contributed by atoms with E-state index in [9.17, 15) is 9.18 Å². The summed E-state index contributed by atoms with van der Waals surface area (Å²) in [5.41, 5.74) is 3.36. The van der Waals surface area contributed by atoms with Crippen molar-refractivity contribution in [2.45, 2.75) is 46.6 Å². The Kier molecular flexibility index (Phi) is 7.22. The van der Waals surface area contributed by atoms with Crippen LogP contribution in [0.3, 0.4) is 0 Å². The molecule has 1 saturated heterocycles. The van der Waals surface area contributed by atoms with Gasteiger partial charge >= 0.3 is 5.97 Å². The maximum Gasteiger partial charge on any atom is 0.339 e. The summed E-state index contributed by atoms with van der Waals surface area (Å²) in [6.07, 6.45) is 2.16. The van der Waals surface area contributed by atoms with E-state index >= 15 is 0 Å². The average Bonchev–Trinajstić information content (AvgIpc) is 3.11. The fourth-order valence-electron chi connectivity index (χ4n) is 4.52. The molecule has 2 heterocycles. The molecule has 7 heteroatoms. The molecule has 4 nitrogen and oxygen atoms in total. The monoisotopic (exact) mass is 503 g/mol. The molecule has 1 aliphatic heterocycles. The normalized spacial score (nSPS) is 16.8. The lowest BCUT2D eigenvalue weighted by Crippen LogP contribution is -2.43. The summed E-state index contributed by atoms with van der Waals surface area (Å²) in [6, 6.07) is 8.98. The highest BCUT2D eigenvalue weighted by molar-refractivity contribution is 7.19. The Hall–Kier alpha value is -2.15. The molecular formula is C27H31ClFNO3S. The zero-order valence-corrected chi connectivity index (χ0v) is 21.9. The van der Waals surface area contributed by atoms with Crippen LogP contribution in [0.4, 0.5) is 10.1 Å². The van der Waals surface area contributed by atoms with E-state index in [1.54, 1.807) is 17.4 Å². The van der Waals surface area contributed by atoms with Crippen molar-refractivity contribution in [3.8, 4) is 11.1 Å². The molecule has 0 saturated carbocycles. The minimum atomic E-state index is -0.451. The smallest absolute Gasteiger partial charge is 0.339 e. The molecule has 0 spiro atoms. The summed E-state index contributed by atoms with van der Waals surface area (Å²) in [5.74, 6) is -0.839. The van der Waals surface area contributed by atoms with Crippen LogP contribution in [-0.4, -0.2) is 38.9 Å². The molecular weight excluding hydrogens is 473 g/mol. The number of thiophene rings is 1. The number of benzene rings is 2. The Balaban J connectivity index is 1.71. The SMILES string of the molecule is COC(=O)c1cc(-c2c(C)sc3cc(Cl)c(F)cc23)ccc1N1CCO[C@H](CCC(C)(C)C)C1. The maximum atomic E-state index is 14.3. The summed E-state index contributed by atoms with van der Waals surface area (Å²) >= 11 is 7.56. The Bertz CT molecular complexity index is 1220. The quantitative estimate of drug-likeness (QED) is 0.338. The van der Waals surface area contributed by atoms with E-state index in [-0.39, 0.29) is 22.5 Å². The molecule has 0 amide bonds. The molecule has 1 fully saturated rings. The van der Waals surface area contributed by atoms with Crippen molar-refractivity contribution in [3.63, 3.8) is 0 Å². The first-order valence-electron chi connectivity index (χ1n) is 11.5. The molecule has 182 valence electrons. The highest BCUT2D eigenvalue weighted by Crippen LogP contribution is 2.41. The number of fused-ring (bicyclic) bond motifs is 1. The standard InChI is InChI=1S/C27H31ClFNO3S/c1-16-25(20-13-22(29)21(28)14-24(20)34-16)17-6-7-23(19(12-17)26(31)32-5)30-10-11-33-18(15-30)8-9-27(2,3)4/h6-7,12-14,18H,8-11,15H2,1-5H3/t18-/m1/s1. The van der Waals surface area contributed by atoms with Gasteiger partial charge in [-0.2, -0.15) is 0 Å². The van der Waals surface area contributed by atoms with Crippen molar-refractivity contribution in [1.29, 1.82) is 0 Å². The van der Waals surface area contributed by atoms with E-state index < -0.39 is 5.82 Å². The molecule has 4 rings (SSSR count). The highest BCUT2D eigenvalue weighted by atomic mass is 35.5. The van der Waals surface area contributed by atoms with Crippen molar-refractivity contribution < 1.29 is 18.7 Å². The van der Waals surface area contributed by atoms with Crippen LogP contribution < -0.4 is 4.90 Å². The van der Waals surface area contributed by atoms with Gasteiger partial charge in [0, 0.05) is 33.6 Å². The van der Waals surface area contributed by atoms with Gasteiger partial charge in [0.25, 0.3) is 0 Å². The number of rotatable bonds is 5. The predicted molar refractivity (Wildman–Crippen MR) is 139 cm³/mol. The second-order valence-corrected chi connectivity index (χ2v) is 11.7. The number of aryl methyl sites for hydroxylation is 1. The van der Waals surface area contributed by atoms with Gasteiger partial charge in [0.1, 0.15) is 5.82 Å². The Morgan fingerprint density at radius 1 is 1.29 bits per heavy atom. The van der Waals surface area contributed by atoms with Crippen molar-refractivity contribution in [1.82, 2.24) is 0 Å². The molecule has 0 N–H and O–H groups in total. The van der Waals surface area contributed by atoms with Crippen molar-refractivity contribution in [3.05, 3.63) is 51.6 Å². The van der Waals surface area contributed by atoms with Gasteiger partial charge in [0.15, 0.2) is 0 Å². The molecule has 1 aliphatic rings. The summed E-state index contributed by atoms with van der Waals surface area (Å²) in [6.45, 7) is 10.8. The topological polar surface area (TPSA) is 38.8 Å². The molecule has 0 unspecified atom stereocenters. The number of anilines is 1. The maximum absolute atomic E-state index is 14.3. The number of hydrogen-bond donors (Lipinski definition) is 0. The molecule has 0 radical (unpaired) electrons. The summed E-state index contributed by atoms with van der Waals surface area (Å²) in [7, 11) is 1.40. The lowest BCUT2D eigenvalue weighted by Gasteiger charge is -2.36. The molecule has 3 aromatic rings. The third-order valence-electron chi connectivity index (χ3n) is 6.29. The van der Waals surface area contributed by atoms with Gasteiger partial charge in [0.2, 0.25) is 0 Å². The Morgan fingerprint density at radius 2 is 2.06 bits per heavy atom. The van der Waals surface area contributed by atoms with Crippen LogP contribution in [0.5, 0.6) is 0 Å². The van der Waals surface area contributed by atoms with Gasteiger partial charge in [-0.1, -0.05) is 38.4 Å². The predicted octanol–water partition coefficient (Wildman–Crippen LogP) is 7.49. The van der Waals surface area contributed by atoms with Crippen molar-refractivity contribution >= 4 is 44.7 Å². The third kappa shape index (κ3) is 5.24. The van der Waals surface area contributed by atoms with Crippen LogP contribution in [0.15, 0.2) is 30.3 Å². The van der Waals surface area contributed by atoms with E-state index in [0.717, 1.165) is 51.2 Å². The summed E-state index contributed by atoms with van der Waals surface area (Å²) in [5, 5.41) is 0.904. The number of halogens is 2. The fraction of sp³-hybridized carbons (Fsp3) is 0.444. The first-order valence-corrected chi connectivity index (χ1v) is 12.7. The van der Waals surface area contributed by atoms with E-state index in [4.69, 9.17) is 21.1 Å². The molecule has 34 heavy (non-hydrogen) atoms. The second-order valence-electron chi connectivity index (χ2n) is 10.1. The van der Waals surface area contributed by atoms with E-state index in [1.807, 2.05) is 25.1 Å². The largest absolute Gasteiger partial charge is 0.465 e. The number of methoxy groups -OCH3 is 1. The van der Waals surface area contributed by atoms with Gasteiger partial charge in [-0.05, 0) is 55.0 Å². The number of carbonyl (C=O) groups is 1. The van der Waals surface area contributed by atoms with Crippen LogP contribution in [0.25, 0.3) is 21.2 Å². The molecule has 1 aromatic heterocycles. The van der Waals surface area contributed by atoms with E-state index in [2.05, 4.69) is 25.7 Å². The number of esters is 1. The second kappa shape index (κ2) is 9.84. The van der Waals surface area contributed by atoms with Gasteiger partial charge in [-0.3, -0.25) is 0 Å². The minimum Gasteiger partial charge on any atom is -0.465 e. The number of hydrogen-bond acceptors (Lipinski definition) is 5. The van der Waals surface area contributed by atoms with Crippen molar-refractivity contribution in [2.24, 2.45) is 5.41 Å². The molecule has 2 aromatic carbocycles. The van der Waals surface area contributed by atoms with Crippen LogP contribution in [0.2, 0.25) is 5.02 Å². The van der Waals surface area contributed by atoms with E-state index in [1.165, 1.54) is 13.2 Å². The molecule has 1 atom stereocenters.